The Morgan fingerprint density at radius 2 is 1.83 bits per heavy atom. The summed E-state index contributed by atoms with van der Waals surface area (Å²) in [7, 11) is 0. The van der Waals surface area contributed by atoms with Gasteiger partial charge in [0.1, 0.15) is 5.75 Å². The molecule has 2 aromatic rings. The van der Waals surface area contributed by atoms with E-state index in [0.717, 1.165) is 17.0 Å². The summed E-state index contributed by atoms with van der Waals surface area (Å²) < 4.78 is 5.62. The highest BCUT2D eigenvalue weighted by molar-refractivity contribution is 6.33. The van der Waals surface area contributed by atoms with Gasteiger partial charge in [0.15, 0.2) is 6.73 Å². The Labute approximate surface area is 113 Å². The number of anilines is 1. The number of hydrogen-bond acceptors (Lipinski definition) is 2. The molecule has 2 rings (SSSR count). The largest absolute Gasteiger partial charge is 0.473 e. The number of hydrogen-bond donors (Lipinski definition) is 1. The Kier molecular flexibility index (Phi) is 4.11. The standard InChI is InChI=1S/C15H16ClNO/c1-11-4-3-5-13(8-11)18-10-17-15-9-12(2)6-7-14(15)16/h3-9,17H,10H2,1-2H3. The molecule has 0 heterocycles. The first-order valence-electron chi connectivity index (χ1n) is 5.84. The average Bonchev–Trinajstić information content (AvgIpc) is 2.34. The second-order valence-electron chi connectivity index (χ2n) is 4.27. The second-order valence-corrected chi connectivity index (χ2v) is 4.67. The van der Waals surface area contributed by atoms with Crippen molar-refractivity contribution < 1.29 is 4.74 Å². The van der Waals surface area contributed by atoms with Crippen molar-refractivity contribution >= 4 is 17.3 Å². The maximum Gasteiger partial charge on any atom is 0.159 e. The van der Waals surface area contributed by atoms with E-state index in [1.54, 1.807) is 0 Å². The number of rotatable bonds is 4. The zero-order valence-electron chi connectivity index (χ0n) is 10.5. The molecule has 3 heteroatoms. The molecule has 0 aliphatic rings. The summed E-state index contributed by atoms with van der Waals surface area (Å²) in [6.45, 7) is 4.47. The van der Waals surface area contributed by atoms with Crippen LogP contribution in [0.1, 0.15) is 11.1 Å². The summed E-state index contributed by atoms with van der Waals surface area (Å²) in [5.74, 6) is 0.853. The van der Waals surface area contributed by atoms with Crippen molar-refractivity contribution in [3.05, 3.63) is 58.6 Å². The molecule has 94 valence electrons. The van der Waals surface area contributed by atoms with Crippen LogP contribution in [0.25, 0.3) is 0 Å². The first kappa shape index (κ1) is 12.8. The first-order valence-corrected chi connectivity index (χ1v) is 6.22. The summed E-state index contributed by atoms with van der Waals surface area (Å²) >= 11 is 6.09. The van der Waals surface area contributed by atoms with Crippen LogP contribution in [0.3, 0.4) is 0 Å². The molecule has 2 nitrogen and oxygen atoms in total. The van der Waals surface area contributed by atoms with E-state index >= 15 is 0 Å². The molecule has 0 amide bonds. The van der Waals surface area contributed by atoms with Gasteiger partial charge in [0.2, 0.25) is 0 Å². The molecule has 0 saturated carbocycles. The quantitative estimate of drug-likeness (QED) is 0.824. The van der Waals surface area contributed by atoms with E-state index in [0.29, 0.717) is 11.8 Å². The highest BCUT2D eigenvalue weighted by Gasteiger charge is 2.00. The summed E-state index contributed by atoms with van der Waals surface area (Å²) in [6, 6.07) is 13.8. The number of ether oxygens (including phenoxy) is 1. The molecule has 2 aromatic carbocycles. The molecule has 0 bridgehead atoms. The lowest BCUT2D eigenvalue weighted by Gasteiger charge is -2.11. The fraction of sp³-hybridized carbons (Fsp3) is 0.200. The molecule has 0 fully saturated rings. The summed E-state index contributed by atoms with van der Waals surface area (Å²) in [5, 5.41) is 3.87. The van der Waals surface area contributed by atoms with Crippen LogP contribution in [0.4, 0.5) is 5.69 Å². The molecule has 0 aliphatic carbocycles. The van der Waals surface area contributed by atoms with Gasteiger partial charge in [0.25, 0.3) is 0 Å². The fourth-order valence-electron chi connectivity index (χ4n) is 1.68. The normalized spacial score (nSPS) is 10.2. The summed E-state index contributed by atoms with van der Waals surface area (Å²) in [5.41, 5.74) is 3.24. The van der Waals surface area contributed by atoms with Gasteiger partial charge >= 0.3 is 0 Å². The number of aryl methyl sites for hydroxylation is 2. The Balaban J connectivity index is 1.94. The van der Waals surface area contributed by atoms with Crippen molar-refractivity contribution in [1.82, 2.24) is 0 Å². The van der Waals surface area contributed by atoms with E-state index in [1.807, 2.05) is 56.3 Å². The van der Waals surface area contributed by atoms with Crippen LogP contribution >= 0.6 is 11.6 Å². The van der Waals surface area contributed by atoms with Crippen molar-refractivity contribution in [1.29, 1.82) is 0 Å². The maximum atomic E-state index is 6.09. The lowest BCUT2D eigenvalue weighted by molar-refractivity contribution is 0.346. The van der Waals surface area contributed by atoms with Crippen molar-refractivity contribution in [3.63, 3.8) is 0 Å². The zero-order chi connectivity index (χ0) is 13.0. The Bertz CT molecular complexity index is 540. The molecule has 0 spiro atoms. The van der Waals surface area contributed by atoms with Crippen LogP contribution in [0.15, 0.2) is 42.5 Å². The predicted octanol–water partition coefficient (Wildman–Crippen LogP) is 4.41. The molecule has 0 unspecified atom stereocenters. The minimum Gasteiger partial charge on any atom is -0.473 e. The van der Waals surface area contributed by atoms with Crippen LogP contribution in [-0.2, 0) is 0 Å². The maximum absolute atomic E-state index is 6.09. The molecule has 0 saturated heterocycles. The Morgan fingerprint density at radius 1 is 1.06 bits per heavy atom. The van der Waals surface area contributed by atoms with E-state index < -0.39 is 0 Å². The average molecular weight is 262 g/mol. The summed E-state index contributed by atoms with van der Waals surface area (Å²) in [6.07, 6.45) is 0. The van der Waals surface area contributed by atoms with Gasteiger partial charge in [-0.15, -0.1) is 0 Å². The zero-order valence-corrected chi connectivity index (χ0v) is 11.3. The van der Waals surface area contributed by atoms with Crippen molar-refractivity contribution in [2.75, 3.05) is 12.0 Å². The first-order chi connectivity index (χ1) is 8.65. The second kappa shape index (κ2) is 5.78. The van der Waals surface area contributed by atoms with E-state index in [4.69, 9.17) is 16.3 Å². The monoisotopic (exact) mass is 261 g/mol. The van der Waals surface area contributed by atoms with E-state index in [9.17, 15) is 0 Å². The lowest BCUT2D eigenvalue weighted by Crippen LogP contribution is -2.09. The van der Waals surface area contributed by atoms with E-state index in [1.165, 1.54) is 5.56 Å². The van der Waals surface area contributed by atoms with Crippen molar-refractivity contribution in [3.8, 4) is 5.75 Å². The summed E-state index contributed by atoms with van der Waals surface area (Å²) in [4.78, 5) is 0. The van der Waals surface area contributed by atoms with Gasteiger partial charge in [-0.05, 0) is 49.2 Å². The topological polar surface area (TPSA) is 21.3 Å². The minimum absolute atomic E-state index is 0.395. The molecular formula is C15H16ClNO. The number of nitrogens with one attached hydrogen (secondary N) is 1. The smallest absolute Gasteiger partial charge is 0.159 e. The van der Waals surface area contributed by atoms with Crippen LogP contribution in [0, 0.1) is 13.8 Å². The van der Waals surface area contributed by atoms with Crippen LogP contribution in [-0.4, -0.2) is 6.73 Å². The van der Waals surface area contributed by atoms with Crippen LogP contribution < -0.4 is 10.1 Å². The molecule has 0 atom stereocenters. The molecule has 18 heavy (non-hydrogen) atoms. The third kappa shape index (κ3) is 3.41. The third-order valence-electron chi connectivity index (χ3n) is 2.61. The predicted molar refractivity (Wildman–Crippen MR) is 76.5 cm³/mol. The van der Waals surface area contributed by atoms with Crippen molar-refractivity contribution in [2.45, 2.75) is 13.8 Å². The SMILES string of the molecule is Cc1cccc(OCNc2cc(C)ccc2Cl)c1. The molecule has 0 aromatic heterocycles. The van der Waals surface area contributed by atoms with Crippen LogP contribution in [0.2, 0.25) is 5.02 Å². The van der Waals surface area contributed by atoms with Gasteiger partial charge in [-0.1, -0.05) is 29.8 Å². The highest BCUT2D eigenvalue weighted by Crippen LogP contribution is 2.22. The van der Waals surface area contributed by atoms with Crippen LogP contribution in [0.5, 0.6) is 5.75 Å². The number of benzene rings is 2. The molecular weight excluding hydrogens is 246 g/mol. The molecule has 1 N–H and O–H groups in total. The van der Waals surface area contributed by atoms with Gasteiger partial charge in [0.05, 0.1) is 10.7 Å². The van der Waals surface area contributed by atoms with Gasteiger partial charge in [-0.2, -0.15) is 0 Å². The minimum atomic E-state index is 0.395. The van der Waals surface area contributed by atoms with E-state index in [2.05, 4.69) is 5.32 Å². The molecule has 0 aliphatic heterocycles. The third-order valence-corrected chi connectivity index (χ3v) is 2.94. The highest BCUT2D eigenvalue weighted by atomic mass is 35.5. The Morgan fingerprint density at radius 3 is 2.61 bits per heavy atom. The molecule has 0 radical (unpaired) electrons. The van der Waals surface area contributed by atoms with Gasteiger partial charge in [-0.25, -0.2) is 0 Å². The Hall–Kier alpha value is -1.67. The van der Waals surface area contributed by atoms with Gasteiger partial charge in [-0.3, -0.25) is 0 Å². The lowest BCUT2D eigenvalue weighted by atomic mass is 10.2. The van der Waals surface area contributed by atoms with Gasteiger partial charge in [0, 0.05) is 0 Å². The van der Waals surface area contributed by atoms with Crippen molar-refractivity contribution in [2.24, 2.45) is 0 Å². The fourth-order valence-corrected chi connectivity index (χ4v) is 1.86. The van der Waals surface area contributed by atoms with E-state index in [-0.39, 0.29) is 0 Å². The van der Waals surface area contributed by atoms with Gasteiger partial charge < -0.3 is 10.1 Å². The number of halogens is 1.